The highest BCUT2D eigenvalue weighted by Crippen LogP contribution is 2.17. The summed E-state index contributed by atoms with van der Waals surface area (Å²) in [7, 11) is 0. The Morgan fingerprint density at radius 1 is 1.36 bits per heavy atom. The molecule has 1 heterocycles. The predicted molar refractivity (Wildman–Crippen MR) is 46.7 cm³/mol. The molecule has 1 aliphatic rings. The van der Waals surface area contributed by atoms with Crippen LogP contribution in [0.25, 0.3) is 0 Å². The monoisotopic (exact) mass is 157 g/mol. The van der Waals surface area contributed by atoms with Crippen molar-refractivity contribution in [1.82, 2.24) is 5.32 Å². The van der Waals surface area contributed by atoms with Gasteiger partial charge < -0.3 is 10.1 Å². The molecule has 11 heavy (non-hydrogen) atoms. The first kappa shape index (κ1) is 9.01. The molecule has 1 saturated heterocycles. The van der Waals surface area contributed by atoms with Crippen molar-refractivity contribution in [3.63, 3.8) is 0 Å². The van der Waals surface area contributed by atoms with Crippen LogP contribution in [0.2, 0.25) is 0 Å². The standard InChI is InChI=1S/C9H19NO/c1-7(2)9(3,4)10-8-5-11-6-8/h7-8,10H,5-6H2,1-4H3. The fourth-order valence-electron chi connectivity index (χ4n) is 1.01. The molecule has 66 valence electrons. The van der Waals surface area contributed by atoms with Crippen molar-refractivity contribution in [3.8, 4) is 0 Å². The Labute approximate surface area is 69.3 Å². The Morgan fingerprint density at radius 2 is 1.91 bits per heavy atom. The third-order valence-corrected chi connectivity index (χ3v) is 2.66. The lowest BCUT2D eigenvalue weighted by atomic mass is 9.89. The van der Waals surface area contributed by atoms with E-state index in [2.05, 4.69) is 33.0 Å². The van der Waals surface area contributed by atoms with Gasteiger partial charge in [0.15, 0.2) is 0 Å². The van der Waals surface area contributed by atoms with Crippen LogP contribution in [0.5, 0.6) is 0 Å². The minimum atomic E-state index is 0.244. The van der Waals surface area contributed by atoms with Crippen molar-refractivity contribution in [2.24, 2.45) is 5.92 Å². The molecule has 0 aliphatic carbocycles. The van der Waals surface area contributed by atoms with E-state index in [0.29, 0.717) is 12.0 Å². The first-order valence-electron chi connectivity index (χ1n) is 4.38. The zero-order chi connectivity index (χ0) is 8.48. The summed E-state index contributed by atoms with van der Waals surface area (Å²) in [6.45, 7) is 10.7. The van der Waals surface area contributed by atoms with Gasteiger partial charge in [-0.2, -0.15) is 0 Å². The van der Waals surface area contributed by atoms with Gasteiger partial charge in [-0.15, -0.1) is 0 Å². The molecule has 1 rings (SSSR count). The number of ether oxygens (including phenoxy) is 1. The SMILES string of the molecule is CC(C)C(C)(C)NC1COC1. The lowest BCUT2D eigenvalue weighted by molar-refractivity contribution is -0.0207. The lowest BCUT2D eigenvalue weighted by Crippen LogP contribution is -2.56. The van der Waals surface area contributed by atoms with Gasteiger partial charge >= 0.3 is 0 Å². The third-order valence-electron chi connectivity index (χ3n) is 2.66. The van der Waals surface area contributed by atoms with Crippen LogP contribution < -0.4 is 5.32 Å². The van der Waals surface area contributed by atoms with Crippen LogP contribution in [-0.4, -0.2) is 24.8 Å². The van der Waals surface area contributed by atoms with Crippen LogP contribution >= 0.6 is 0 Å². The van der Waals surface area contributed by atoms with Gasteiger partial charge in [0, 0.05) is 5.54 Å². The largest absolute Gasteiger partial charge is 0.378 e. The summed E-state index contributed by atoms with van der Waals surface area (Å²) < 4.78 is 5.10. The van der Waals surface area contributed by atoms with E-state index in [1.807, 2.05) is 0 Å². The lowest BCUT2D eigenvalue weighted by Gasteiger charge is -2.38. The molecule has 0 aromatic heterocycles. The van der Waals surface area contributed by atoms with E-state index in [4.69, 9.17) is 4.74 Å². The molecule has 0 atom stereocenters. The van der Waals surface area contributed by atoms with Gasteiger partial charge in [0.25, 0.3) is 0 Å². The summed E-state index contributed by atoms with van der Waals surface area (Å²) in [6, 6.07) is 0.590. The topological polar surface area (TPSA) is 21.3 Å². The van der Waals surface area contributed by atoms with Crippen LogP contribution in [-0.2, 0) is 4.74 Å². The summed E-state index contributed by atoms with van der Waals surface area (Å²) in [5.74, 6) is 0.670. The average molecular weight is 157 g/mol. The summed E-state index contributed by atoms with van der Waals surface area (Å²) in [6.07, 6.45) is 0. The number of nitrogens with one attached hydrogen (secondary N) is 1. The summed E-state index contributed by atoms with van der Waals surface area (Å²) in [4.78, 5) is 0. The third kappa shape index (κ3) is 2.17. The Hall–Kier alpha value is -0.0800. The Balaban J connectivity index is 2.32. The van der Waals surface area contributed by atoms with Gasteiger partial charge in [0.2, 0.25) is 0 Å². The number of hydrogen-bond donors (Lipinski definition) is 1. The quantitative estimate of drug-likeness (QED) is 0.669. The smallest absolute Gasteiger partial charge is 0.0643 e. The zero-order valence-electron chi connectivity index (χ0n) is 7.98. The Kier molecular flexibility index (Phi) is 2.55. The molecule has 2 nitrogen and oxygen atoms in total. The van der Waals surface area contributed by atoms with Crippen molar-refractivity contribution in [3.05, 3.63) is 0 Å². The first-order valence-corrected chi connectivity index (χ1v) is 4.38. The maximum Gasteiger partial charge on any atom is 0.0643 e. The molecule has 1 N–H and O–H groups in total. The Bertz CT molecular complexity index is 128. The van der Waals surface area contributed by atoms with Crippen LogP contribution in [0.3, 0.4) is 0 Å². The summed E-state index contributed by atoms with van der Waals surface area (Å²) >= 11 is 0. The summed E-state index contributed by atoms with van der Waals surface area (Å²) in [5.41, 5.74) is 0.244. The average Bonchev–Trinajstić information content (AvgIpc) is 1.79. The highest BCUT2D eigenvalue weighted by molar-refractivity contribution is 4.87. The highest BCUT2D eigenvalue weighted by atomic mass is 16.5. The van der Waals surface area contributed by atoms with E-state index < -0.39 is 0 Å². The van der Waals surface area contributed by atoms with Gasteiger partial charge in [-0.1, -0.05) is 13.8 Å². The van der Waals surface area contributed by atoms with Crippen molar-refractivity contribution < 1.29 is 4.74 Å². The van der Waals surface area contributed by atoms with E-state index in [-0.39, 0.29) is 5.54 Å². The maximum absolute atomic E-state index is 5.10. The molecule has 0 amide bonds. The second-order valence-corrected chi connectivity index (χ2v) is 4.26. The second kappa shape index (κ2) is 3.11. The van der Waals surface area contributed by atoms with E-state index in [0.717, 1.165) is 13.2 Å². The van der Waals surface area contributed by atoms with E-state index in [1.165, 1.54) is 0 Å². The van der Waals surface area contributed by atoms with E-state index in [1.54, 1.807) is 0 Å². The Morgan fingerprint density at radius 3 is 2.18 bits per heavy atom. The van der Waals surface area contributed by atoms with Gasteiger partial charge in [-0.25, -0.2) is 0 Å². The van der Waals surface area contributed by atoms with Crippen LogP contribution in [0, 0.1) is 5.92 Å². The van der Waals surface area contributed by atoms with Crippen LogP contribution in [0.15, 0.2) is 0 Å². The molecule has 0 bridgehead atoms. The predicted octanol–water partition coefficient (Wildman–Crippen LogP) is 1.41. The number of hydrogen-bond acceptors (Lipinski definition) is 2. The normalized spacial score (nSPS) is 20.5. The fourth-order valence-corrected chi connectivity index (χ4v) is 1.01. The molecule has 1 aliphatic heterocycles. The van der Waals surface area contributed by atoms with Crippen molar-refractivity contribution in [2.75, 3.05) is 13.2 Å². The highest BCUT2D eigenvalue weighted by Gasteiger charge is 2.28. The molecular formula is C9H19NO. The second-order valence-electron chi connectivity index (χ2n) is 4.26. The fraction of sp³-hybridized carbons (Fsp3) is 1.00. The molecule has 0 aromatic carbocycles. The van der Waals surface area contributed by atoms with Gasteiger partial charge in [-0.3, -0.25) is 0 Å². The maximum atomic E-state index is 5.10. The van der Waals surface area contributed by atoms with Crippen molar-refractivity contribution in [2.45, 2.75) is 39.3 Å². The zero-order valence-corrected chi connectivity index (χ0v) is 7.98. The first-order chi connectivity index (χ1) is 5.02. The minimum Gasteiger partial charge on any atom is -0.378 e. The molecule has 0 saturated carbocycles. The summed E-state index contributed by atoms with van der Waals surface area (Å²) in [5, 5.41) is 3.57. The molecular weight excluding hydrogens is 138 g/mol. The minimum absolute atomic E-state index is 0.244. The molecule has 1 fully saturated rings. The van der Waals surface area contributed by atoms with E-state index >= 15 is 0 Å². The molecule has 0 spiro atoms. The molecule has 0 radical (unpaired) electrons. The number of rotatable bonds is 3. The van der Waals surface area contributed by atoms with Gasteiger partial charge in [0.1, 0.15) is 0 Å². The molecule has 2 heteroatoms. The van der Waals surface area contributed by atoms with Crippen molar-refractivity contribution >= 4 is 0 Å². The van der Waals surface area contributed by atoms with Gasteiger partial charge in [0.05, 0.1) is 19.3 Å². The molecule has 0 unspecified atom stereocenters. The molecule has 0 aromatic rings. The van der Waals surface area contributed by atoms with Crippen LogP contribution in [0.1, 0.15) is 27.7 Å². The van der Waals surface area contributed by atoms with Gasteiger partial charge in [-0.05, 0) is 19.8 Å². The van der Waals surface area contributed by atoms with Crippen LogP contribution in [0.4, 0.5) is 0 Å². The van der Waals surface area contributed by atoms with Crippen molar-refractivity contribution in [1.29, 1.82) is 0 Å². The van der Waals surface area contributed by atoms with E-state index in [9.17, 15) is 0 Å².